The van der Waals surface area contributed by atoms with E-state index in [9.17, 15) is 4.79 Å². The van der Waals surface area contributed by atoms with Gasteiger partial charge in [0.2, 0.25) is 0 Å². The minimum absolute atomic E-state index is 0.146. The highest BCUT2D eigenvalue weighted by molar-refractivity contribution is 5.95. The molecule has 8 nitrogen and oxygen atoms in total. The van der Waals surface area contributed by atoms with Crippen molar-refractivity contribution >= 4 is 5.91 Å². The van der Waals surface area contributed by atoms with Crippen LogP contribution >= 0.6 is 0 Å². The lowest BCUT2D eigenvalue weighted by Crippen LogP contribution is -2.33. The van der Waals surface area contributed by atoms with Crippen LogP contribution in [0.4, 0.5) is 0 Å². The molecular weight excluding hydrogens is 416 g/mol. The van der Waals surface area contributed by atoms with Gasteiger partial charge in [-0.2, -0.15) is 9.78 Å². The van der Waals surface area contributed by atoms with Gasteiger partial charge < -0.3 is 15.0 Å². The van der Waals surface area contributed by atoms with E-state index in [4.69, 9.17) is 9.72 Å². The van der Waals surface area contributed by atoms with Crippen LogP contribution in [0.15, 0.2) is 36.7 Å². The van der Waals surface area contributed by atoms with Crippen LogP contribution in [0.3, 0.4) is 0 Å². The average molecular weight is 447 g/mol. The average Bonchev–Trinajstić information content (AvgIpc) is 3.46. The summed E-state index contributed by atoms with van der Waals surface area (Å²) in [5, 5.41) is 7.51. The fourth-order valence-electron chi connectivity index (χ4n) is 4.79. The lowest BCUT2D eigenvalue weighted by molar-refractivity contribution is 0.0944. The maximum absolute atomic E-state index is 12.9. The summed E-state index contributed by atoms with van der Waals surface area (Å²) in [6.45, 7) is 3.95. The zero-order valence-electron chi connectivity index (χ0n) is 19.1. The minimum atomic E-state index is -0.146. The smallest absolute Gasteiger partial charge is 0.254 e. The standard InChI is InChI=1S/C25H30N6O2/c1-33-17-22-21(24(32)26-11-14-30-12-4-5-13-30)16-28-31(22)25-27-15-19-9-6-8-18-7-2-3-10-20(18)23(19)29-25/h2-3,7,10,15-16H,4-6,8-9,11-14,17H2,1H3,(H,26,32). The number of fused-ring (bicyclic) bond motifs is 3. The molecule has 2 aliphatic rings. The summed E-state index contributed by atoms with van der Waals surface area (Å²) in [6.07, 6.45) is 9.01. The summed E-state index contributed by atoms with van der Waals surface area (Å²) in [6, 6.07) is 8.41. The number of rotatable bonds is 7. The van der Waals surface area contributed by atoms with Crippen LogP contribution < -0.4 is 5.32 Å². The number of nitrogens with zero attached hydrogens (tertiary/aromatic N) is 5. The van der Waals surface area contributed by atoms with Crippen molar-refractivity contribution in [2.75, 3.05) is 33.3 Å². The second-order valence-corrected chi connectivity index (χ2v) is 8.71. The summed E-state index contributed by atoms with van der Waals surface area (Å²) >= 11 is 0. The Morgan fingerprint density at radius 3 is 2.76 bits per heavy atom. The molecule has 5 rings (SSSR count). The van der Waals surface area contributed by atoms with Gasteiger partial charge in [0.15, 0.2) is 0 Å². The Balaban J connectivity index is 1.42. The molecule has 1 N–H and O–H groups in total. The van der Waals surface area contributed by atoms with E-state index in [1.165, 1.54) is 18.4 Å². The number of hydrogen-bond acceptors (Lipinski definition) is 6. The second-order valence-electron chi connectivity index (χ2n) is 8.71. The molecule has 3 heterocycles. The largest absolute Gasteiger partial charge is 0.378 e. The number of ether oxygens (including phenoxy) is 1. The highest BCUT2D eigenvalue weighted by Crippen LogP contribution is 2.31. The molecule has 0 unspecified atom stereocenters. The highest BCUT2D eigenvalue weighted by atomic mass is 16.5. The second kappa shape index (κ2) is 9.80. The first-order valence-electron chi connectivity index (χ1n) is 11.8. The number of carbonyl (C=O) groups is 1. The Hall–Kier alpha value is -3.10. The molecule has 0 bridgehead atoms. The molecule has 8 heteroatoms. The Morgan fingerprint density at radius 2 is 1.91 bits per heavy atom. The van der Waals surface area contributed by atoms with Crippen LogP contribution in [-0.4, -0.2) is 63.8 Å². The SMILES string of the molecule is COCc1c(C(=O)NCCN2CCCC2)cnn1-c1ncc2c(n1)-c1ccccc1CCC2. The van der Waals surface area contributed by atoms with Crippen molar-refractivity contribution in [3.05, 3.63) is 59.0 Å². The molecule has 0 radical (unpaired) electrons. The van der Waals surface area contributed by atoms with Crippen molar-refractivity contribution in [3.63, 3.8) is 0 Å². The van der Waals surface area contributed by atoms with Gasteiger partial charge in [-0.05, 0) is 56.3 Å². The lowest BCUT2D eigenvalue weighted by atomic mass is 10.0. The monoisotopic (exact) mass is 446 g/mol. The van der Waals surface area contributed by atoms with Crippen molar-refractivity contribution in [2.24, 2.45) is 0 Å². The lowest BCUT2D eigenvalue weighted by Gasteiger charge is -2.15. The molecule has 2 aromatic heterocycles. The number of carbonyl (C=O) groups excluding carboxylic acids is 1. The summed E-state index contributed by atoms with van der Waals surface area (Å²) in [5.74, 6) is 0.307. The number of nitrogens with one attached hydrogen (secondary N) is 1. The van der Waals surface area contributed by atoms with Gasteiger partial charge in [-0.25, -0.2) is 9.97 Å². The van der Waals surface area contributed by atoms with Crippen molar-refractivity contribution in [3.8, 4) is 17.2 Å². The van der Waals surface area contributed by atoms with Crippen molar-refractivity contribution in [1.29, 1.82) is 0 Å². The molecule has 1 aliphatic carbocycles. The van der Waals surface area contributed by atoms with Crippen LogP contribution in [0.5, 0.6) is 0 Å². The third-order valence-corrected chi connectivity index (χ3v) is 6.51. The van der Waals surface area contributed by atoms with Gasteiger partial charge >= 0.3 is 0 Å². The molecule has 1 fully saturated rings. The predicted molar refractivity (Wildman–Crippen MR) is 125 cm³/mol. The van der Waals surface area contributed by atoms with E-state index in [2.05, 4.69) is 38.5 Å². The molecular formula is C25H30N6O2. The topological polar surface area (TPSA) is 85.2 Å². The predicted octanol–water partition coefficient (Wildman–Crippen LogP) is 2.79. The van der Waals surface area contributed by atoms with E-state index in [0.29, 0.717) is 23.8 Å². The van der Waals surface area contributed by atoms with Crippen LogP contribution in [0.2, 0.25) is 0 Å². The van der Waals surface area contributed by atoms with E-state index in [0.717, 1.165) is 55.7 Å². The normalized spacial score (nSPS) is 15.7. The number of aryl methyl sites for hydroxylation is 2. The molecule has 1 aliphatic heterocycles. The molecule has 1 saturated heterocycles. The molecule has 3 aromatic rings. The van der Waals surface area contributed by atoms with Gasteiger partial charge in [-0.15, -0.1) is 0 Å². The first-order valence-corrected chi connectivity index (χ1v) is 11.8. The molecule has 172 valence electrons. The van der Waals surface area contributed by atoms with E-state index in [-0.39, 0.29) is 12.5 Å². The number of benzene rings is 1. The maximum Gasteiger partial charge on any atom is 0.254 e. The summed E-state index contributed by atoms with van der Waals surface area (Å²) in [5.41, 5.74) is 5.69. The van der Waals surface area contributed by atoms with E-state index < -0.39 is 0 Å². The number of hydrogen-bond donors (Lipinski definition) is 1. The Kier molecular flexibility index (Phi) is 6.46. The molecule has 33 heavy (non-hydrogen) atoms. The van der Waals surface area contributed by atoms with Crippen molar-refractivity contribution in [2.45, 2.75) is 38.7 Å². The van der Waals surface area contributed by atoms with Crippen LogP contribution in [0, 0.1) is 0 Å². The number of amides is 1. The Bertz CT molecular complexity index is 1140. The summed E-state index contributed by atoms with van der Waals surface area (Å²) < 4.78 is 7.04. The first kappa shape index (κ1) is 21.7. The quantitative estimate of drug-likeness (QED) is 0.601. The number of likely N-dealkylation sites (tertiary alicyclic amines) is 1. The van der Waals surface area contributed by atoms with Crippen molar-refractivity contribution in [1.82, 2.24) is 30.0 Å². The van der Waals surface area contributed by atoms with Gasteiger partial charge in [0, 0.05) is 32.0 Å². The molecule has 0 saturated carbocycles. The summed E-state index contributed by atoms with van der Waals surface area (Å²) in [4.78, 5) is 24.8. The van der Waals surface area contributed by atoms with Gasteiger partial charge in [-0.3, -0.25) is 4.79 Å². The third-order valence-electron chi connectivity index (χ3n) is 6.51. The van der Waals surface area contributed by atoms with Gasteiger partial charge in [-0.1, -0.05) is 24.3 Å². The fraction of sp³-hybridized carbons (Fsp3) is 0.440. The van der Waals surface area contributed by atoms with Crippen LogP contribution in [0.25, 0.3) is 17.2 Å². The minimum Gasteiger partial charge on any atom is -0.378 e. The zero-order chi connectivity index (χ0) is 22.6. The zero-order valence-corrected chi connectivity index (χ0v) is 19.1. The Morgan fingerprint density at radius 1 is 1.09 bits per heavy atom. The van der Waals surface area contributed by atoms with Gasteiger partial charge in [0.1, 0.15) is 0 Å². The van der Waals surface area contributed by atoms with E-state index in [1.54, 1.807) is 18.0 Å². The third kappa shape index (κ3) is 4.54. The van der Waals surface area contributed by atoms with Crippen LogP contribution in [-0.2, 0) is 24.2 Å². The van der Waals surface area contributed by atoms with E-state index >= 15 is 0 Å². The molecule has 1 amide bonds. The summed E-state index contributed by atoms with van der Waals surface area (Å²) in [7, 11) is 1.61. The van der Waals surface area contributed by atoms with Crippen molar-refractivity contribution < 1.29 is 9.53 Å². The maximum atomic E-state index is 12.9. The van der Waals surface area contributed by atoms with Gasteiger partial charge in [0.25, 0.3) is 11.9 Å². The number of aromatic nitrogens is 4. The Labute approximate surface area is 194 Å². The molecule has 0 atom stereocenters. The molecule has 1 aromatic carbocycles. The fourth-order valence-corrected chi connectivity index (χ4v) is 4.79. The number of methoxy groups -OCH3 is 1. The highest BCUT2D eigenvalue weighted by Gasteiger charge is 2.22. The van der Waals surface area contributed by atoms with E-state index in [1.807, 2.05) is 12.3 Å². The van der Waals surface area contributed by atoms with Crippen LogP contribution in [0.1, 0.15) is 46.4 Å². The van der Waals surface area contributed by atoms with Gasteiger partial charge in [0.05, 0.1) is 29.8 Å². The first-order chi connectivity index (χ1) is 16.2. The molecule has 0 spiro atoms.